The molecule has 0 heterocycles. The minimum absolute atomic E-state index is 0.463. The molecule has 2 nitrogen and oxygen atoms in total. The summed E-state index contributed by atoms with van der Waals surface area (Å²) in [6.45, 7) is -10.6. The Kier molecular flexibility index (Phi) is 9.91. The third-order valence-corrected chi connectivity index (χ3v) is 15.1. The molecule has 0 amide bonds. The van der Waals surface area contributed by atoms with Crippen molar-refractivity contribution < 1.29 is 67.6 Å². The van der Waals surface area contributed by atoms with Gasteiger partial charge in [-0.15, -0.1) is 0 Å². The van der Waals surface area contributed by atoms with Gasteiger partial charge in [-0.05, 0) is 0 Å². The van der Waals surface area contributed by atoms with Gasteiger partial charge in [-0.1, -0.05) is 0 Å². The van der Waals surface area contributed by atoms with E-state index in [9.17, 15) is 43.9 Å². The Morgan fingerprint density at radius 3 is 1.03 bits per heavy atom. The molecular weight excluding hydrogens is 681 g/mol. The van der Waals surface area contributed by atoms with Gasteiger partial charge in [0.2, 0.25) is 0 Å². The van der Waals surface area contributed by atoms with Crippen LogP contribution in [0.4, 0.5) is 61.5 Å². The Hall–Kier alpha value is -1.82. The van der Waals surface area contributed by atoms with Crippen LogP contribution in [-0.4, -0.2) is 64.1 Å². The summed E-state index contributed by atoms with van der Waals surface area (Å²) in [6.07, 6.45) is 0. The number of benzene rings is 2. The average molecular weight is 699 g/mol. The number of rotatable bonds is 14. The molecule has 0 spiro atoms. The molecule has 0 unspecified atom stereocenters. The van der Waals surface area contributed by atoms with Crippen molar-refractivity contribution in [3.8, 4) is 0 Å². The molecular formula is C22H18F14O2Sn. The number of alkyl halides is 14. The van der Waals surface area contributed by atoms with E-state index in [1.54, 1.807) is 0 Å². The summed E-state index contributed by atoms with van der Waals surface area (Å²) in [4.78, 5) is 0. The van der Waals surface area contributed by atoms with Crippen molar-refractivity contribution in [3.05, 3.63) is 71.8 Å². The number of hydrogen-bond donors (Lipinski definition) is 0. The first-order chi connectivity index (χ1) is 17.8. The van der Waals surface area contributed by atoms with Gasteiger partial charge in [-0.2, -0.15) is 0 Å². The normalized spacial score (nSPS) is 14.5. The van der Waals surface area contributed by atoms with Crippen molar-refractivity contribution in [2.75, 3.05) is 13.3 Å². The van der Waals surface area contributed by atoms with Gasteiger partial charge in [0, 0.05) is 0 Å². The van der Waals surface area contributed by atoms with Crippen molar-refractivity contribution in [2.24, 2.45) is 0 Å². The van der Waals surface area contributed by atoms with Crippen LogP contribution in [0.3, 0.4) is 0 Å². The van der Waals surface area contributed by atoms with Crippen molar-refractivity contribution in [1.82, 2.24) is 0 Å². The molecule has 0 saturated heterocycles. The molecule has 0 fully saturated rings. The summed E-state index contributed by atoms with van der Waals surface area (Å²) in [6, 6.07) is 10.6. The zero-order valence-corrected chi connectivity index (χ0v) is 22.1. The molecule has 2 rings (SSSR count). The van der Waals surface area contributed by atoms with Crippen LogP contribution >= 0.6 is 0 Å². The predicted molar refractivity (Wildman–Crippen MR) is 110 cm³/mol. The van der Waals surface area contributed by atoms with E-state index in [1.807, 2.05) is 0 Å². The first kappa shape index (κ1) is 33.4. The zero-order valence-electron chi connectivity index (χ0n) is 19.2. The molecule has 0 aromatic heterocycles. The number of hydrogen-bond acceptors (Lipinski definition) is 2. The molecule has 220 valence electrons. The third kappa shape index (κ3) is 5.69. The molecule has 0 N–H and O–H groups in total. The maximum atomic E-state index is 15.4. The van der Waals surface area contributed by atoms with Gasteiger partial charge in [0.25, 0.3) is 0 Å². The summed E-state index contributed by atoms with van der Waals surface area (Å²) in [5, 5.41) is 0. The molecule has 0 radical (unpaired) electrons. The summed E-state index contributed by atoms with van der Waals surface area (Å²) >= 11 is -9.74. The van der Waals surface area contributed by atoms with Gasteiger partial charge < -0.3 is 0 Å². The van der Waals surface area contributed by atoms with Crippen LogP contribution in [0.25, 0.3) is 0 Å². The van der Waals surface area contributed by atoms with Crippen LogP contribution in [0.1, 0.15) is 11.1 Å². The topological polar surface area (TPSA) is 18.5 Å². The van der Waals surface area contributed by atoms with E-state index in [-0.39, 0.29) is 0 Å². The van der Waals surface area contributed by atoms with Gasteiger partial charge in [0.05, 0.1) is 0 Å². The molecule has 0 aliphatic carbocycles. The van der Waals surface area contributed by atoms with E-state index in [1.165, 1.54) is 12.1 Å². The fourth-order valence-electron chi connectivity index (χ4n) is 3.16. The molecule has 0 aliphatic rings. The molecule has 39 heavy (non-hydrogen) atoms. The van der Waals surface area contributed by atoms with E-state index in [0.717, 1.165) is 48.5 Å². The SMILES string of the molecule is FCC(F)(F)C(F)(F)[C](F)(F)[Sn]([O]Cc1ccccc1)([O]Cc1ccccc1)[C](F)(F)C(F)(F)C(F)(F)CF. The number of halogens is 14. The van der Waals surface area contributed by atoms with Crippen LogP contribution in [0.2, 0.25) is 0 Å². The summed E-state index contributed by atoms with van der Waals surface area (Å²) in [5.41, 5.74) is -0.927. The van der Waals surface area contributed by atoms with Crippen LogP contribution < -0.4 is 0 Å². The van der Waals surface area contributed by atoms with Crippen LogP contribution in [0.5, 0.6) is 0 Å². The van der Waals surface area contributed by atoms with Gasteiger partial charge in [-0.25, -0.2) is 0 Å². The van der Waals surface area contributed by atoms with E-state index in [0.29, 0.717) is 0 Å². The molecule has 0 aliphatic heterocycles. The van der Waals surface area contributed by atoms with Crippen molar-refractivity contribution >= 4 is 19.2 Å². The second-order valence-corrected chi connectivity index (χ2v) is 16.9. The van der Waals surface area contributed by atoms with Crippen molar-refractivity contribution in [1.29, 1.82) is 0 Å². The van der Waals surface area contributed by atoms with E-state index < -0.39 is 88.5 Å². The predicted octanol–water partition coefficient (Wildman–Crippen LogP) is 7.69. The molecule has 0 saturated carbocycles. The monoisotopic (exact) mass is 700 g/mol. The Labute approximate surface area is 216 Å². The van der Waals surface area contributed by atoms with Crippen LogP contribution in [0, 0.1) is 0 Å². The first-order valence-electron chi connectivity index (χ1n) is 10.5. The zero-order chi connectivity index (χ0) is 30.0. The van der Waals surface area contributed by atoms with Crippen molar-refractivity contribution in [3.63, 3.8) is 0 Å². The van der Waals surface area contributed by atoms with Crippen LogP contribution in [0.15, 0.2) is 60.7 Å². The van der Waals surface area contributed by atoms with Crippen LogP contribution in [-0.2, 0) is 19.4 Å². The second-order valence-electron chi connectivity index (χ2n) is 8.14. The average Bonchev–Trinajstić information content (AvgIpc) is 2.89. The van der Waals surface area contributed by atoms with E-state index in [4.69, 9.17) is 0 Å². The van der Waals surface area contributed by atoms with Crippen molar-refractivity contribution in [2.45, 2.75) is 44.8 Å². The fourth-order valence-corrected chi connectivity index (χ4v) is 12.1. The fraction of sp³-hybridized carbons (Fsp3) is 0.455. The Balaban J connectivity index is 2.92. The van der Waals surface area contributed by atoms with Gasteiger partial charge >= 0.3 is 217 Å². The first-order valence-corrected chi connectivity index (χ1v) is 15.7. The summed E-state index contributed by atoms with van der Waals surface area (Å²) < 4.78 is 194. The quantitative estimate of drug-likeness (QED) is 0.149. The molecule has 2 aromatic rings. The Morgan fingerprint density at radius 1 is 0.487 bits per heavy atom. The van der Waals surface area contributed by atoms with Gasteiger partial charge in [0.1, 0.15) is 0 Å². The maximum absolute atomic E-state index is 15.4. The minimum atomic E-state index is -9.74. The Bertz CT molecular complexity index is 981. The molecule has 2 aromatic carbocycles. The molecule has 0 atom stereocenters. The molecule has 17 heteroatoms. The Morgan fingerprint density at radius 2 is 0.769 bits per heavy atom. The summed E-state index contributed by atoms with van der Waals surface area (Å²) in [5.74, 6) is -27.4. The summed E-state index contributed by atoms with van der Waals surface area (Å²) in [7, 11) is 0. The third-order valence-electron chi connectivity index (χ3n) is 5.44. The van der Waals surface area contributed by atoms with Gasteiger partial charge in [-0.3, -0.25) is 0 Å². The van der Waals surface area contributed by atoms with E-state index in [2.05, 4.69) is 6.15 Å². The second kappa shape index (κ2) is 11.6. The molecule has 0 bridgehead atoms. The van der Waals surface area contributed by atoms with Gasteiger partial charge in [0.15, 0.2) is 0 Å². The standard InChI is InChI=1S/2C7H7O.2C4H2F7.Sn/c2*8-6-7-4-2-1-3-5-7;2*5-1-3(8,9)4(10,11)2(6)7;/h2*1-5H,6H2;2*1H2;/q2*-1;;;+2. The van der Waals surface area contributed by atoms with E-state index >= 15 is 17.6 Å².